The molecule has 0 aliphatic carbocycles. The maximum atomic E-state index is 8.47. The van der Waals surface area contributed by atoms with Gasteiger partial charge in [-0.25, -0.2) is 4.98 Å². The van der Waals surface area contributed by atoms with Crippen molar-refractivity contribution in [3.63, 3.8) is 0 Å². The molecule has 0 fully saturated rings. The number of aromatic nitrogens is 1. The molecular weight excluding hydrogens is 298 g/mol. The predicted molar refractivity (Wildman–Crippen MR) is 96.9 cm³/mol. The van der Waals surface area contributed by atoms with Gasteiger partial charge in [-0.2, -0.15) is 0 Å². The zero-order chi connectivity index (χ0) is 16.8. The van der Waals surface area contributed by atoms with Gasteiger partial charge in [-0.15, -0.1) is 0 Å². The maximum absolute atomic E-state index is 8.47. The molecule has 24 heavy (non-hydrogen) atoms. The SMILES string of the molecule is CNc1ncccc1C(=N)c1cccc(OCc2ccccc2)c1. The van der Waals surface area contributed by atoms with E-state index in [1.165, 1.54) is 0 Å². The van der Waals surface area contributed by atoms with Crippen LogP contribution >= 0.6 is 0 Å². The summed E-state index contributed by atoms with van der Waals surface area (Å²) in [6.07, 6.45) is 1.71. The first-order chi connectivity index (χ1) is 11.8. The Bertz CT molecular complexity index is 831. The average Bonchev–Trinajstić information content (AvgIpc) is 2.67. The first-order valence-corrected chi connectivity index (χ1v) is 7.77. The molecule has 0 spiro atoms. The van der Waals surface area contributed by atoms with Crippen LogP contribution in [0.25, 0.3) is 0 Å². The van der Waals surface area contributed by atoms with Crippen LogP contribution in [0.15, 0.2) is 72.9 Å². The van der Waals surface area contributed by atoms with Gasteiger partial charge < -0.3 is 10.1 Å². The van der Waals surface area contributed by atoms with E-state index < -0.39 is 0 Å². The Morgan fingerprint density at radius 3 is 2.67 bits per heavy atom. The van der Waals surface area contributed by atoms with Crippen molar-refractivity contribution in [2.45, 2.75) is 6.61 Å². The van der Waals surface area contributed by atoms with Crippen LogP contribution in [0.2, 0.25) is 0 Å². The monoisotopic (exact) mass is 317 g/mol. The van der Waals surface area contributed by atoms with Crippen molar-refractivity contribution in [2.24, 2.45) is 0 Å². The lowest BCUT2D eigenvalue weighted by molar-refractivity contribution is 0.306. The minimum Gasteiger partial charge on any atom is -0.489 e. The van der Waals surface area contributed by atoms with Crippen LogP contribution in [0.3, 0.4) is 0 Å². The topological polar surface area (TPSA) is 58.0 Å². The fourth-order valence-electron chi connectivity index (χ4n) is 2.44. The Morgan fingerprint density at radius 1 is 1.04 bits per heavy atom. The maximum Gasteiger partial charge on any atom is 0.135 e. The van der Waals surface area contributed by atoms with E-state index >= 15 is 0 Å². The highest BCUT2D eigenvalue weighted by Gasteiger charge is 2.10. The molecule has 1 aromatic heterocycles. The molecule has 120 valence electrons. The molecule has 4 nitrogen and oxygen atoms in total. The summed E-state index contributed by atoms with van der Waals surface area (Å²) >= 11 is 0. The van der Waals surface area contributed by atoms with Crippen LogP contribution in [-0.2, 0) is 6.61 Å². The molecule has 0 unspecified atom stereocenters. The molecule has 0 saturated carbocycles. The molecule has 2 N–H and O–H groups in total. The van der Waals surface area contributed by atoms with E-state index in [-0.39, 0.29) is 0 Å². The molecule has 0 aliphatic heterocycles. The summed E-state index contributed by atoms with van der Waals surface area (Å²) < 4.78 is 5.85. The highest BCUT2D eigenvalue weighted by atomic mass is 16.5. The van der Waals surface area contributed by atoms with Gasteiger partial charge >= 0.3 is 0 Å². The van der Waals surface area contributed by atoms with Crippen molar-refractivity contribution in [3.8, 4) is 5.75 Å². The fraction of sp³-hybridized carbons (Fsp3) is 0.100. The Labute approximate surface area is 141 Å². The van der Waals surface area contributed by atoms with Crippen molar-refractivity contribution >= 4 is 11.5 Å². The van der Waals surface area contributed by atoms with E-state index in [1.807, 2.05) is 66.7 Å². The van der Waals surface area contributed by atoms with E-state index in [1.54, 1.807) is 13.2 Å². The van der Waals surface area contributed by atoms with Gasteiger partial charge in [-0.05, 0) is 29.8 Å². The number of rotatable bonds is 6. The minimum atomic E-state index is 0.414. The molecule has 0 saturated heterocycles. The molecule has 3 rings (SSSR count). The number of ether oxygens (including phenoxy) is 1. The molecule has 1 heterocycles. The Balaban J connectivity index is 1.78. The number of nitrogens with zero attached hydrogens (tertiary/aromatic N) is 1. The smallest absolute Gasteiger partial charge is 0.135 e. The van der Waals surface area contributed by atoms with Crippen LogP contribution in [0.1, 0.15) is 16.7 Å². The standard InChI is InChI=1S/C20H19N3O/c1-22-20-18(11-6-12-23-20)19(21)16-9-5-10-17(13-16)24-14-15-7-3-2-4-8-15/h2-13,21H,14H2,1H3,(H,22,23). The molecular formula is C20H19N3O. The van der Waals surface area contributed by atoms with Gasteiger partial charge in [0.25, 0.3) is 0 Å². The number of hydrogen-bond donors (Lipinski definition) is 2. The lowest BCUT2D eigenvalue weighted by Crippen LogP contribution is -2.07. The third kappa shape index (κ3) is 3.60. The van der Waals surface area contributed by atoms with Gasteiger partial charge in [-0.1, -0.05) is 42.5 Å². The first-order valence-electron chi connectivity index (χ1n) is 7.77. The van der Waals surface area contributed by atoms with E-state index in [0.29, 0.717) is 18.1 Å². The summed E-state index contributed by atoms with van der Waals surface area (Å²) in [5.74, 6) is 1.44. The predicted octanol–water partition coefficient (Wildman–Crippen LogP) is 4.12. The highest BCUT2D eigenvalue weighted by Crippen LogP contribution is 2.20. The summed E-state index contributed by atoms with van der Waals surface area (Å²) in [5.41, 5.74) is 3.09. The summed E-state index contributed by atoms with van der Waals surface area (Å²) in [4.78, 5) is 4.26. The van der Waals surface area contributed by atoms with Crippen LogP contribution in [0, 0.1) is 5.41 Å². The zero-order valence-electron chi connectivity index (χ0n) is 13.5. The lowest BCUT2D eigenvalue weighted by atomic mass is 10.0. The third-order valence-electron chi connectivity index (χ3n) is 3.68. The normalized spacial score (nSPS) is 10.2. The van der Waals surface area contributed by atoms with Gasteiger partial charge in [0.2, 0.25) is 0 Å². The van der Waals surface area contributed by atoms with E-state index in [2.05, 4.69) is 10.3 Å². The number of nitrogens with one attached hydrogen (secondary N) is 2. The van der Waals surface area contributed by atoms with E-state index in [4.69, 9.17) is 10.1 Å². The summed E-state index contributed by atoms with van der Waals surface area (Å²) in [5, 5.41) is 11.5. The molecule has 2 aromatic carbocycles. The second-order valence-electron chi connectivity index (χ2n) is 5.33. The zero-order valence-corrected chi connectivity index (χ0v) is 13.5. The van der Waals surface area contributed by atoms with E-state index in [9.17, 15) is 0 Å². The van der Waals surface area contributed by atoms with Gasteiger partial charge in [0.05, 0.1) is 5.71 Å². The van der Waals surface area contributed by atoms with Crippen LogP contribution in [0.4, 0.5) is 5.82 Å². The number of hydrogen-bond acceptors (Lipinski definition) is 4. The highest BCUT2D eigenvalue weighted by molar-refractivity contribution is 6.13. The molecule has 0 radical (unpaired) electrons. The Hall–Kier alpha value is -3.14. The van der Waals surface area contributed by atoms with Crippen molar-refractivity contribution in [3.05, 3.63) is 89.6 Å². The van der Waals surface area contributed by atoms with Crippen molar-refractivity contribution in [2.75, 3.05) is 12.4 Å². The molecule has 0 bridgehead atoms. The Morgan fingerprint density at radius 2 is 1.88 bits per heavy atom. The Kier molecular flexibility index (Phi) is 4.87. The third-order valence-corrected chi connectivity index (χ3v) is 3.68. The van der Waals surface area contributed by atoms with Crippen molar-refractivity contribution in [1.29, 1.82) is 5.41 Å². The molecule has 0 amide bonds. The summed E-state index contributed by atoms with van der Waals surface area (Å²) in [6, 6.07) is 21.3. The van der Waals surface area contributed by atoms with E-state index in [0.717, 1.165) is 22.4 Å². The summed E-state index contributed by atoms with van der Waals surface area (Å²) in [6.45, 7) is 0.506. The molecule has 0 atom stereocenters. The van der Waals surface area contributed by atoms with Crippen LogP contribution in [0.5, 0.6) is 5.75 Å². The fourth-order valence-corrected chi connectivity index (χ4v) is 2.44. The number of benzene rings is 2. The van der Waals surface area contributed by atoms with Gasteiger partial charge in [0.1, 0.15) is 18.2 Å². The first kappa shape index (κ1) is 15.7. The van der Waals surface area contributed by atoms with Crippen LogP contribution < -0.4 is 10.1 Å². The van der Waals surface area contributed by atoms with Crippen LogP contribution in [-0.4, -0.2) is 17.7 Å². The minimum absolute atomic E-state index is 0.414. The number of anilines is 1. The largest absolute Gasteiger partial charge is 0.489 e. The molecule has 4 heteroatoms. The second kappa shape index (κ2) is 7.42. The van der Waals surface area contributed by atoms with Crippen molar-refractivity contribution in [1.82, 2.24) is 4.98 Å². The second-order valence-corrected chi connectivity index (χ2v) is 5.33. The molecule has 0 aliphatic rings. The van der Waals surface area contributed by atoms with Gasteiger partial charge in [0, 0.05) is 24.4 Å². The summed E-state index contributed by atoms with van der Waals surface area (Å²) in [7, 11) is 1.80. The molecule has 3 aromatic rings. The lowest BCUT2D eigenvalue weighted by Gasteiger charge is -2.11. The van der Waals surface area contributed by atoms with Gasteiger partial charge in [0.15, 0.2) is 0 Å². The quantitative estimate of drug-likeness (QED) is 0.672. The van der Waals surface area contributed by atoms with Gasteiger partial charge in [-0.3, -0.25) is 5.41 Å². The van der Waals surface area contributed by atoms with Crippen molar-refractivity contribution < 1.29 is 4.74 Å². The average molecular weight is 317 g/mol. The number of pyridine rings is 1.